The molecule has 0 spiro atoms. The van der Waals surface area contributed by atoms with Gasteiger partial charge in [0.1, 0.15) is 11.9 Å². The van der Waals surface area contributed by atoms with Crippen LogP contribution in [0.5, 0.6) is 5.75 Å². The van der Waals surface area contributed by atoms with Gasteiger partial charge in [-0.25, -0.2) is 0 Å². The third kappa shape index (κ3) is 3.56. The highest BCUT2D eigenvalue weighted by atomic mass is 16.5. The van der Waals surface area contributed by atoms with Crippen LogP contribution in [0.15, 0.2) is 18.2 Å². The minimum absolute atomic E-state index is 0.0571. The van der Waals surface area contributed by atoms with Gasteiger partial charge in [0.25, 0.3) is 0 Å². The molecule has 0 aromatic heterocycles. The van der Waals surface area contributed by atoms with E-state index in [9.17, 15) is 9.90 Å². The van der Waals surface area contributed by atoms with E-state index in [0.29, 0.717) is 5.75 Å². The molecule has 3 nitrogen and oxygen atoms in total. The Balaban J connectivity index is 2.87. The van der Waals surface area contributed by atoms with Crippen molar-refractivity contribution in [1.82, 2.24) is 0 Å². The highest BCUT2D eigenvalue weighted by molar-refractivity contribution is 5.85. The molecule has 3 heteroatoms. The van der Waals surface area contributed by atoms with Crippen molar-refractivity contribution in [3.8, 4) is 5.75 Å². The molecular formula is C14H20O3. The molecule has 0 saturated carbocycles. The maximum Gasteiger partial charge on any atom is 0.166 e. The number of hydrogen-bond donors (Lipinski definition) is 1. The zero-order valence-corrected chi connectivity index (χ0v) is 10.9. The Bertz CT molecular complexity index is 396. The summed E-state index contributed by atoms with van der Waals surface area (Å²) in [6, 6.07) is 5.70. The Hall–Kier alpha value is -1.35. The van der Waals surface area contributed by atoms with E-state index in [-0.39, 0.29) is 18.1 Å². The normalized spacial score (nSPS) is 12.6. The van der Waals surface area contributed by atoms with Gasteiger partial charge in [-0.1, -0.05) is 31.5 Å². The molecule has 17 heavy (non-hydrogen) atoms. The zero-order chi connectivity index (χ0) is 13.0. The summed E-state index contributed by atoms with van der Waals surface area (Å²) >= 11 is 0. The maximum absolute atomic E-state index is 11.8. The zero-order valence-electron chi connectivity index (χ0n) is 10.9. The van der Waals surface area contributed by atoms with Crippen LogP contribution in [-0.4, -0.2) is 24.1 Å². The second kappa shape index (κ2) is 5.82. The molecule has 0 amide bonds. The summed E-state index contributed by atoms with van der Waals surface area (Å²) < 4.78 is 5.21. The Morgan fingerprint density at radius 3 is 2.59 bits per heavy atom. The van der Waals surface area contributed by atoms with Crippen LogP contribution in [0, 0.1) is 12.8 Å². The topological polar surface area (TPSA) is 46.5 Å². The van der Waals surface area contributed by atoms with Crippen molar-refractivity contribution >= 4 is 5.78 Å². The van der Waals surface area contributed by atoms with Gasteiger partial charge in [0.2, 0.25) is 0 Å². The highest BCUT2D eigenvalue weighted by Gasteiger charge is 2.20. The van der Waals surface area contributed by atoms with Crippen LogP contribution in [0.2, 0.25) is 0 Å². The van der Waals surface area contributed by atoms with Crippen LogP contribution < -0.4 is 4.74 Å². The van der Waals surface area contributed by atoms with Crippen molar-refractivity contribution in [3.05, 3.63) is 29.3 Å². The molecule has 0 heterocycles. The lowest BCUT2D eigenvalue weighted by atomic mass is 9.97. The van der Waals surface area contributed by atoms with E-state index in [0.717, 1.165) is 11.1 Å². The summed E-state index contributed by atoms with van der Waals surface area (Å²) in [4.78, 5) is 11.8. The summed E-state index contributed by atoms with van der Waals surface area (Å²) in [5.41, 5.74) is 1.91. The van der Waals surface area contributed by atoms with Crippen molar-refractivity contribution in [2.75, 3.05) is 7.11 Å². The summed E-state index contributed by atoms with van der Waals surface area (Å²) in [7, 11) is 1.58. The average Bonchev–Trinajstić information content (AvgIpc) is 2.28. The first-order valence-corrected chi connectivity index (χ1v) is 5.80. The molecule has 1 unspecified atom stereocenters. The van der Waals surface area contributed by atoms with E-state index in [1.165, 1.54) is 0 Å². The van der Waals surface area contributed by atoms with Gasteiger partial charge in [-0.15, -0.1) is 0 Å². The second-order valence-electron chi connectivity index (χ2n) is 4.65. The largest absolute Gasteiger partial charge is 0.496 e. The molecule has 1 aromatic carbocycles. The number of rotatable bonds is 5. The third-order valence-corrected chi connectivity index (χ3v) is 2.76. The minimum atomic E-state index is -0.903. The standard InChI is InChI=1S/C14H20O3/c1-9(2)14(16)12(15)8-11-7-10(3)5-6-13(11)17-4/h5-7,9,14,16H,8H2,1-4H3. The van der Waals surface area contributed by atoms with E-state index in [1.54, 1.807) is 7.11 Å². The molecule has 1 atom stereocenters. The maximum atomic E-state index is 11.8. The number of ether oxygens (including phenoxy) is 1. The SMILES string of the molecule is COc1ccc(C)cc1CC(=O)C(O)C(C)C. The fourth-order valence-corrected chi connectivity index (χ4v) is 1.71. The predicted octanol–water partition coefficient (Wildman–Crippen LogP) is 2.13. The van der Waals surface area contributed by atoms with E-state index in [2.05, 4.69) is 0 Å². The minimum Gasteiger partial charge on any atom is -0.496 e. The first kappa shape index (κ1) is 13.7. The fourth-order valence-electron chi connectivity index (χ4n) is 1.71. The molecular weight excluding hydrogens is 216 g/mol. The molecule has 0 radical (unpaired) electrons. The van der Waals surface area contributed by atoms with E-state index < -0.39 is 6.10 Å². The number of benzene rings is 1. The summed E-state index contributed by atoms with van der Waals surface area (Å²) in [5.74, 6) is 0.474. The van der Waals surface area contributed by atoms with Gasteiger partial charge < -0.3 is 9.84 Å². The van der Waals surface area contributed by atoms with Crippen LogP contribution >= 0.6 is 0 Å². The summed E-state index contributed by atoms with van der Waals surface area (Å²) in [6.07, 6.45) is -0.690. The van der Waals surface area contributed by atoms with Crippen molar-refractivity contribution in [2.24, 2.45) is 5.92 Å². The Morgan fingerprint density at radius 2 is 2.06 bits per heavy atom. The van der Waals surface area contributed by atoms with Crippen LogP contribution in [0.3, 0.4) is 0 Å². The van der Waals surface area contributed by atoms with Crippen molar-refractivity contribution < 1.29 is 14.6 Å². The number of methoxy groups -OCH3 is 1. The second-order valence-corrected chi connectivity index (χ2v) is 4.65. The van der Waals surface area contributed by atoms with E-state index >= 15 is 0 Å². The Labute approximate surface area is 102 Å². The number of Topliss-reactive ketones (excluding diaryl/α,β-unsaturated/α-hetero) is 1. The van der Waals surface area contributed by atoms with Gasteiger partial charge in [-0.3, -0.25) is 4.79 Å². The molecule has 0 saturated heterocycles. The first-order chi connectivity index (χ1) is 7.95. The van der Waals surface area contributed by atoms with Gasteiger partial charge >= 0.3 is 0 Å². The number of aliphatic hydroxyl groups is 1. The van der Waals surface area contributed by atoms with Gasteiger partial charge in [0, 0.05) is 12.0 Å². The number of carbonyl (C=O) groups excluding carboxylic acids is 1. The molecule has 1 rings (SSSR count). The predicted molar refractivity (Wildman–Crippen MR) is 67.3 cm³/mol. The van der Waals surface area contributed by atoms with E-state index in [1.807, 2.05) is 39.0 Å². The molecule has 0 fully saturated rings. The van der Waals surface area contributed by atoms with Gasteiger partial charge in [0.15, 0.2) is 5.78 Å². The first-order valence-electron chi connectivity index (χ1n) is 5.80. The van der Waals surface area contributed by atoms with Crippen LogP contribution in [0.4, 0.5) is 0 Å². The molecule has 0 aliphatic carbocycles. The van der Waals surface area contributed by atoms with Crippen molar-refractivity contribution in [1.29, 1.82) is 0 Å². The van der Waals surface area contributed by atoms with Gasteiger partial charge in [0.05, 0.1) is 7.11 Å². The molecule has 0 aliphatic heterocycles. The van der Waals surface area contributed by atoms with Gasteiger partial charge in [-0.05, 0) is 18.9 Å². The smallest absolute Gasteiger partial charge is 0.166 e. The Kier molecular flexibility index (Phi) is 4.70. The fraction of sp³-hybridized carbons (Fsp3) is 0.500. The number of aliphatic hydroxyl groups excluding tert-OH is 1. The summed E-state index contributed by atoms with van der Waals surface area (Å²) in [5, 5.41) is 9.70. The number of ketones is 1. The third-order valence-electron chi connectivity index (χ3n) is 2.76. The quantitative estimate of drug-likeness (QED) is 0.852. The van der Waals surface area contributed by atoms with Crippen LogP contribution in [0.1, 0.15) is 25.0 Å². The average molecular weight is 236 g/mol. The lowest BCUT2D eigenvalue weighted by molar-refractivity contribution is -0.128. The molecule has 1 N–H and O–H groups in total. The number of carbonyl (C=O) groups is 1. The number of aryl methyl sites for hydroxylation is 1. The van der Waals surface area contributed by atoms with Crippen molar-refractivity contribution in [3.63, 3.8) is 0 Å². The van der Waals surface area contributed by atoms with Crippen LogP contribution in [0.25, 0.3) is 0 Å². The molecule has 1 aromatic rings. The molecule has 0 bridgehead atoms. The lowest BCUT2D eigenvalue weighted by Crippen LogP contribution is -2.27. The monoisotopic (exact) mass is 236 g/mol. The Morgan fingerprint density at radius 1 is 1.41 bits per heavy atom. The van der Waals surface area contributed by atoms with Crippen molar-refractivity contribution in [2.45, 2.75) is 33.3 Å². The number of hydrogen-bond acceptors (Lipinski definition) is 3. The van der Waals surface area contributed by atoms with E-state index in [4.69, 9.17) is 4.74 Å². The summed E-state index contributed by atoms with van der Waals surface area (Å²) in [6.45, 7) is 5.62. The lowest BCUT2D eigenvalue weighted by Gasteiger charge is -2.14. The molecule has 94 valence electrons. The highest BCUT2D eigenvalue weighted by Crippen LogP contribution is 2.21. The van der Waals surface area contributed by atoms with Crippen LogP contribution in [-0.2, 0) is 11.2 Å². The van der Waals surface area contributed by atoms with Gasteiger partial charge in [-0.2, -0.15) is 0 Å². The molecule has 0 aliphatic rings.